The van der Waals surface area contributed by atoms with Gasteiger partial charge >= 0.3 is 11.6 Å². The maximum Gasteiger partial charge on any atom is 0.349 e. The first kappa shape index (κ1) is 21.3. The first-order valence-electron chi connectivity index (χ1n) is 10.3. The van der Waals surface area contributed by atoms with Crippen molar-refractivity contribution in [2.24, 2.45) is 0 Å². The van der Waals surface area contributed by atoms with Crippen molar-refractivity contribution in [1.29, 1.82) is 0 Å². The Hall–Kier alpha value is -2.97. The Kier molecular flexibility index (Phi) is 5.93. The van der Waals surface area contributed by atoms with Gasteiger partial charge in [-0.05, 0) is 44.9 Å². The van der Waals surface area contributed by atoms with E-state index in [1.54, 1.807) is 31.2 Å². The number of esters is 1. The highest BCUT2D eigenvalue weighted by Gasteiger charge is 2.30. The molecule has 7 nitrogen and oxygen atoms in total. The molecule has 0 spiro atoms. The molecule has 162 valence electrons. The molecule has 0 saturated carbocycles. The van der Waals surface area contributed by atoms with E-state index in [4.69, 9.17) is 9.15 Å². The van der Waals surface area contributed by atoms with E-state index >= 15 is 0 Å². The van der Waals surface area contributed by atoms with Crippen molar-refractivity contribution in [2.75, 3.05) is 18.5 Å². The van der Waals surface area contributed by atoms with Crippen LogP contribution in [0.3, 0.4) is 0 Å². The normalized spacial score (nSPS) is 13.9. The zero-order valence-corrected chi connectivity index (χ0v) is 18.5. The van der Waals surface area contributed by atoms with Gasteiger partial charge in [0.05, 0.1) is 12.2 Å². The first-order chi connectivity index (χ1) is 14.9. The zero-order valence-electron chi connectivity index (χ0n) is 17.7. The number of anilines is 1. The van der Waals surface area contributed by atoms with Gasteiger partial charge in [0.1, 0.15) is 16.1 Å². The van der Waals surface area contributed by atoms with Crippen LogP contribution in [0, 0.1) is 0 Å². The highest BCUT2D eigenvalue weighted by atomic mass is 32.1. The Morgan fingerprint density at radius 1 is 1.29 bits per heavy atom. The molecule has 8 heteroatoms. The maximum atomic E-state index is 13.0. The monoisotopic (exact) mass is 440 g/mol. The molecule has 0 saturated heterocycles. The number of hydrogen-bond acceptors (Lipinski definition) is 7. The molecule has 1 aliphatic rings. The average Bonchev–Trinajstić information content (AvgIpc) is 3.10. The van der Waals surface area contributed by atoms with E-state index in [-0.39, 0.29) is 12.2 Å². The third kappa shape index (κ3) is 4.13. The lowest BCUT2D eigenvalue weighted by atomic mass is 10.0. The Morgan fingerprint density at radius 3 is 2.81 bits per heavy atom. The number of amides is 1. The Labute approximate surface area is 183 Å². The molecular formula is C23H24N2O5S. The molecule has 3 heterocycles. The fraction of sp³-hybridized carbons (Fsp3) is 0.348. The number of ether oxygens (including phenoxy) is 1. The van der Waals surface area contributed by atoms with Crippen LogP contribution in [0.2, 0.25) is 0 Å². The van der Waals surface area contributed by atoms with Crippen LogP contribution < -0.4 is 10.9 Å². The molecule has 0 atom stereocenters. The second kappa shape index (κ2) is 8.64. The molecule has 1 N–H and O–H groups in total. The summed E-state index contributed by atoms with van der Waals surface area (Å²) < 4.78 is 10.5. The van der Waals surface area contributed by atoms with Crippen LogP contribution in [0.1, 0.15) is 51.9 Å². The fourth-order valence-corrected chi connectivity index (χ4v) is 5.02. The number of thiophene rings is 1. The molecular weight excluding hydrogens is 416 g/mol. The van der Waals surface area contributed by atoms with E-state index in [1.807, 2.05) is 0 Å². The minimum absolute atomic E-state index is 0.108. The number of benzene rings is 1. The molecule has 0 aliphatic carbocycles. The van der Waals surface area contributed by atoms with E-state index in [2.05, 4.69) is 24.1 Å². The highest BCUT2D eigenvalue weighted by molar-refractivity contribution is 7.17. The SMILES string of the molecule is CCOC(=O)c1c(NC(=O)c2cc3ccccc3oc2=O)sc2c1CCN(C(C)C)C2. The second-order valence-corrected chi connectivity index (χ2v) is 8.79. The summed E-state index contributed by atoms with van der Waals surface area (Å²) in [7, 11) is 0. The van der Waals surface area contributed by atoms with E-state index < -0.39 is 17.5 Å². The molecule has 1 aliphatic heterocycles. The van der Waals surface area contributed by atoms with E-state index in [0.29, 0.717) is 40.5 Å². The topological polar surface area (TPSA) is 88.8 Å². The zero-order chi connectivity index (χ0) is 22.1. The molecule has 0 unspecified atom stereocenters. The Morgan fingerprint density at radius 2 is 2.06 bits per heavy atom. The second-order valence-electron chi connectivity index (χ2n) is 7.68. The Bertz CT molecular complexity index is 1210. The van der Waals surface area contributed by atoms with Gasteiger partial charge in [-0.15, -0.1) is 11.3 Å². The molecule has 3 aromatic rings. The first-order valence-corrected chi connectivity index (χ1v) is 11.1. The summed E-state index contributed by atoms with van der Waals surface area (Å²) in [6.07, 6.45) is 0.701. The van der Waals surface area contributed by atoms with Crippen LogP contribution in [0.15, 0.2) is 39.5 Å². The van der Waals surface area contributed by atoms with Gasteiger partial charge in [-0.2, -0.15) is 0 Å². The van der Waals surface area contributed by atoms with E-state index in [0.717, 1.165) is 17.0 Å². The standard InChI is InChI=1S/C23H24N2O5S/c1-4-29-23(28)19-15-9-10-25(13(2)3)12-18(15)31-21(19)24-20(26)16-11-14-7-5-6-8-17(14)30-22(16)27/h5-8,11,13H,4,9-10,12H2,1-3H3,(H,24,26). The number of hydrogen-bond donors (Lipinski definition) is 1. The van der Waals surface area contributed by atoms with Gasteiger partial charge in [0.15, 0.2) is 0 Å². The quantitative estimate of drug-likeness (QED) is 0.476. The predicted octanol–water partition coefficient (Wildman–Crippen LogP) is 4.05. The third-order valence-electron chi connectivity index (χ3n) is 5.41. The van der Waals surface area contributed by atoms with Gasteiger partial charge < -0.3 is 14.5 Å². The summed E-state index contributed by atoms with van der Waals surface area (Å²) in [5.41, 5.74) is 0.895. The number of fused-ring (bicyclic) bond motifs is 2. The number of rotatable bonds is 5. The molecule has 1 aromatic carbocycles. The van der Waals surface area contributed by atoms with Crippen LogP contribution in [0.5, 0.6) is 0 Å². The third-order valence-corrected chi connectivity index (χ3v) is 6.54. The van der Waals surface area contributed by atoms with Crippen LogP contribution in [0.25, 0.3) is 11.0 Å². The van der Waals surface area contributed by atoms with Crippen LogP contribution in [-0.4, -0.2) is 36.0 Å². The van der Waals surface area contributed by atoms with Crippen molar-refractivity contribution in [2.45, 2.75) is 39.8 Å². The lowest BCUT2D eigenvalue weighted by molar-refractivity contribution is 0.0526. The number of nitrogens with one attached hydrogen (secondary N) is 1. The van der Waals surface area contributed by atoms with Crippen LogP contribution >= 0.6 is 11.3 Å². The van der Waals surface area contributed by atoms with Gasteiger partial charge in [-0.25, -0.2) is 9.59 Å². The summed E-state index contributed by atoms with van der Waals surface area (Å²) in [4.78, 5) is 41.4. The van der Waals surface area contributed by atoms with Gasteiger partial charge in [0, 0.05) is 29.4 Å². The fourth-order valence-electron chi connectivity index (χ4n) is 3.76. The largest absolute Gasteiger partial charge is 0.462 e. The van der Waals surface area contributed by atoms with Crippen molar-refractivity contribution < 1.29 is 18.7 Å². The molecule has 31 heavy (non-hydrogen) atoms. The average molecular weight is 441 g/mol. The number of carbonyl (C=O) groups is 2. The highest BCUT2D eigenvalue weighted by Crippen LogP contribution is 2.38. The molecule has 2 aromatic heterocycles. The Balaban J connectivity index is 1.71. The molecule has 0 radical (unpaired) electrons. The van der Waals surface area contributed by atoms with Crippen molar-refractivity contribution in [3.05, 3.63) is 62.3 Å². The minimum atomic E-state index is -0.721. The summed E-state index contributed by atoms with van der Waals surface area (Å²) in [5, 5.41) is 3.83. The maximum absolute atomic E-state index is 13.0. The van der Waals surface area contributed by atoms with Crippen molar-refractivity contribution in [3.63, 3.8) is 0 Å². The number of nitrogens with zero attached hydrogens (tertiary/aromatic N) is 1. The van der Waals surface area contributed by atoms with Gasteiger partial charge in [-0.3, -0.25) is 9.69 Å². The summed E-state index contributed by atoms with van der Waals surface area (Å²) in [6, 6.07) is 8.88. The van der Waals surface area contributed by atoms with Crippen LogP contribution in [-0.2, 0) is 17.7 Å². The van der Waals surface area contributed by atoms with Crippen molar-refractivity contribution >= 4 is 39.2 Å². The van der Waals surface area contributed by atoms with Gasteiger partial charge in [0.25, 0.3) is 5.91 Å². The lowest BCUT2D eigenvalue weighted by Crippen LogP contribution is -2.35. The van der Waals surface area contributed by atoms with Crippen molar-refractivity contribution in [3.8, 4) is 0 Å². The van der Waals surface area contributed by atoms with Crippen LogP contribution in [0.4, 0.5) is 5.00 Å². The summed E-state index contributed by atoms with van der Waals surface area (Å²) in [5.74, 6) is -1.07. The minimum Gasteiger partial charge on any atom is -0.462 e. The van der Waals surface area contributed by atoms with Gasteiger partial charge in [-0.1, -0.05) is 18.2 Å². The number of para-hydroxylation sites is 1. The van der Waals surface area contributed by atoms with E-state index in [9.17, 15) is 14.4 Å². The summed E-state index contributed by atoms with van der Waals surface area (Å²) in [6.45, 7) is 7.78. The number of carbonyl (C=O) groups excluding carboxylic acids is 2. The molecule has 1 amide bonds. The molecule has 0 bridgehead atoms. The van der Waals surface area contributed by atoms with E-state index in [1.165, 1.54) is 17.4 Å². The van der Waals surface area contributed by atoms with Crippen molar-refractivity contribution in [1.82, 2.24) is 4.90 Å². The smallest absolute Gasteiger partial charge is 0.349 e. The van der Waals surface area contributed by atoms with Gasteiger partial charge in [0.2, 0.25) is 0 Å². The summed E-state index contributed by atoms with van der Waals surface area (Å²) >= 11 is 1.36. The molecule has 4 rings (SSSR count). The predicted molar refractivity (Wildman–Crippen MR) is 120 cm³/mol. The molecule has 0 fully saturated rings. The lowest BCUT2D eigenvalue weighted by Gasteiger charge is -2.30.